The van der Waals surface area contributed by atoms with E-state index in [0.29, 0.717) is 28.8 Å². The Kier molecular flexibility index (Phi) is 5.35. The molecule has 7 atom stereocenters. The van der Waals surface area contributed by atoms with E-state index in [0.717, 1.165) is 23.2 Å². The Morgan fingerprint density at radius 3 is 2.76 bits per heavy atom. The van der Waals surface area contributed by atoms with Gasteiger partial charge in [0, 0.05) is 40.4 Å². The quantitative estimate of drug-likeness (QED) is 0.230. The number of alkyl halides is 1. The highest BCUT2D eigenvalue weighted by atomic mass is 35.5. The highest BCUT2D eigenvalue weighted by molar-refractivity contribution is 8.00. The minimum Gasteiger partial charge on any atom is -0.480 e. The minimum atomic E-state index is -0.842. The summed E-state index contributed by atoms with van der Waals surface area (Å²) in [5.41, 5.74) is 3.14. The summed E-state index contributed by atoms with van der Waals surface area (Å²) in [5, 5.41) is 22.0. The highest BCUT2D eigenvalue weighted by Crippen LogP contribution is 2.60. The molecule has 0 spiro atoms. The molecule has 2 aromatic rings. The minimum absolute atomic E-state index is 0.0471. The number of halogens is 2. The van der Waals surface area contributed by atoms with Crippen LogP contribution in [0.1, 0.15) is 35.8 Å². The topological polar surface area (TPSA) is 83.7 Å². The summed E-state index contributed by atoms with van der Waals surface area (Å²) in [6, 6.07) is 9.90. The van der Waals surface area contributed by atoms with Gasteiger partial charge in [-0.05, 0) is 54.0 Å². The summed E-state index contributed by atoms with van der Waals surface area (Å²) in [6.07, 6.45) is 5.89. The van der Waals surface area contributed by atoms with Gasteiger partial charge in [-0.1, -0.05) is 35.9 Å². The molecule has 2 aliphatic carbocycles. The van der Waals surface area contributed by atoms with Gasteiger partial charge in [0.15, 0.2) is 0 Å². The van der Waals surface area contributed by atoms with Gasteiger partial charge in [-0.15, -0.1) is 23.4 Å². The van der Waals surface area contributed by atoms with Crippen molar-refractivity contribution in [3.05, 3.63) is 74.8 Å². The molecule has 176 valence electrons. The summed E-state index contributed by atoms with van der Waals surface area (Å²) in [4.78, 5) is 26.5. The average molecular weight is 517 g/mol. The normalized spacial score (nSPS) is 32.8. The number of carbonyl (C=O) groups is 1. The number of hydrogen-bond donors (Lipinski definition) is 1. The molecule has 0 unspecified atom stereocenters. The number of thioether (sulfide) groups is 1. The molecule has 2 aromatic carbocycles. The second kappa shape index (κ2) is 8.18. The zero-order valence-electron chi connectivity index (χ0n) is 18.0. The van der Waals surface area contributed by atoms with Crippen molar-refractivity contribution >= 4 is 52.3 Å². The third kappa shape index (κ3) is 3.28. The largest absolute Gasteiger partial charge is 0.480 e. The number of anilines is 1. The number of fused-ring (bicyclic) bond motifs is 4. The van der Waals surface area contributed by atoms with Crippen LogP contribution in [0.2, 0.25) is 5.02 Å². The summed E-state index contributed by atoms with van der Waals surface area (Å²) >= 11 is 15.1. The number of carboxylic acid groups (broad SMARTS) is 1. The van der Waals surface area contributed by atoms with Gasteiger partial charge in [-0.2, -0.15) is 0 Å². The van der Waals surface area contributed by atoms with Gasteiger partial charge in [0.25, 0.3) is 5.69 Å². The van der Waals surface area contributed by atoms with Gasteiger partial charge in [0.1, 0.15) is 6.04 Å². The molecule has 0 radical (unpaired) electrons. The number of carboxylic acids is 1. The van der Waals surface area contributed by atoms with Gasteiger partial charge in [-0.25, -0.2) is 4.79 Å². The number of benzene rings is 2. The summed E-state index contributed by atoms with van der Waals surface area (Å²) in [6.45, 7) is 0.689. The van der Waals surface area contributed by atoms with Gasteiger partial charge < -0.3 is 10.0 Å². The molecule has 6 rings (SSSR count). The first-order valence-electron chi connectivity index (χ1n) is 11.4. The smallest absolute Gasteiger partial charge is 0.326 e. The van der Waals surface area contributed by atoms with E-state index in [-0.39, 0.29) is 39.0 Å². The lowest BCUT2D eigenvalue weighted by atomic mass is 9.72. The van der Waals surface area contributed by atoms with E-state index in [4.69, 9.17) is 23.2 Å². The number of aliphatic carboxylic acids is 1. The Bertz CT molecular complexity index is 1240. The summed E-state index contributed by atoms with van der Waals surface area (Å²) in [5.74, 6) is -0.658. The lowest BCUT2D eigenvalue weighted by Crippen LogP contribution is -2.55. The van der Waals surface area contributed by atoms with Crippen molar-refractivity contribution in [2.24, 2.45) is 11.8 Å². The van der Waals surface area contributed by atoms with Crippen molar-refractivity contribution in [1.29, 1.82) is 0 Å². The number of rotatable bonds is 4. The molecule has 0 saturated heterocycles. The van der Waals surface area contributed by atoms with Crippen molar-refractivity contribution in [1.82, 2.24) is 0 Å². The van der Waals surface area contributed by atoms with Gasteiger partial charge in [-0.3, -0.25) is 10.1 Å². The van der Waals surface area contributed by atoms with Crippen molar-refractivity contribution in [2.75, 3.05) is 11.4 Å². The highest BCUT2D eigenvalue weighted by Gasteiger charge is 2.56. The first-order chi connectivity index (χ1) is 16.3. The number of nitrogens with zero attached hydrogens (tertiary/aromatic N) is 2. The van der Waals surface area contributed by atoms with Crippen LogP contribution in [0, 0.1) is 22.0 Å². The van der Waals surface area contributed by atoms with E-state index in [2.05, 4.69) is 17.1 Å². The molecule has 1 fully saturated rings. The number of allylic oxidation sites excluding steroid dienone is 2. The van der Waals surface area contributed by atoms with Crippen LogP contribution in [0.15, 0.2) is 53.4 Å². The van der Waals surface area contributed by atoms with E-state index >= 15 is 0 Å². The molecular formula is C25H22Cl2N2O4S. The second-order valence-corrected chi connectivity index (χ2v) is 11.8. The van der Waals surface area contributed by atoms with Crippen LogP contribution in [0.25, 0.3) is 0 Å². The van der Waals surface area contributed by atoms with E-state index in [9.17, 15) is 20.0 Å². The van der Waals surface area contributed by atoms with Gasteiger partial charge in [0.05, 0.1) is 15.2 Å². The van der Waals surface area contributed by atoms with Crippen molar-refractivity contribution in [3.63, 3.8) is 0 Å². The van der Waals surface area contributed by atoms with Crippen LogP contribution in [0.5, 0.6) is 0 Å². The lowest BCUT2D eigenvalue weighted by molar-refractivity contribution is -0.387. The van der Waals surface area contributed by atoms with Crippen molar-refractivity contribution in [2.45, 2.75) is 46.2 Å². The van der Waals surface area contributed by atoms with Crippen molar-refractivity contribution < 1.29 is 14.8 Å². The van der Waals surface area contributed by atoms with Crippen LogP contribution < -0.4 is 4.90 Å². The van der Waals surface area contributed by atoms with Crippen LogP contribution in [-0.4, -0.2) is 39.2 Å². The summed E-state index contributed by atoms with van der Waals surface area (Å²) in [7, 11) is 0. The number of nitro groups is 1. The maximum atomic E-state index is 12.7. The molecule has 6 nitrogen and oxygen atoms in total. The predicted molar refractivity (Wildman–Crippen MR) is 133 cm³/mol. The lowest BCUT2D eigenvalue weighted by Gasteiger charge is -2.49. The van der Waals surface area contributed by atoms with Gasteiger partial charge in [0.2, 0.25) is 0 Å². The van der Waals surface area contributed by atoms with E-state index in [1.165, 1.54) is 17.8 Å². The Labute approximate surface area is 211 Å². The molecule has 2 aliphatic heterocycles. The molecular weight excluding hydrogens is 495 g/mol. The SMILES string of the molecule is O=C(O)[C@@H]1[C@@H]2C[C@H](Sc3ccccc3[N+](=O)[O-])[C@H](Cl)[C@@H]2c2cc(Cl)cc3c2N1C[C@@H]1CC=C[C@@H]31. The zero-order chi connectivity index (χ0) is 23.7. The second-order valence-electron chi connectivity index (χ2n) is 9.57. The standard InChI is InChI=1S/C25H22Cl2N2O4S/c26-13-8-15-14-5-3-4-12(14)11-28-23(15)16(9-13)21-17(24(28)25(30)31)10-20(22(21)27)34-19-7-2-1-6-18(19)29(32)33/h1-3,5-9,12,14,17,20-22,24H,4,10-11H2,(H,30,31)/t12-,14+,17+,20-,21+,22-,24-/m0/s1. The fourth-order valence-electron chi connectivity index (χ4n) is 6.60. The van der Waals surface area contributed by atoms with Crippen LogP contribution >= 0.6 is 35.0 Å². The molecule has 0 bridgehead atoms. The molecule has 4 aliphatic rings. The Morgan fingerprint density at radius 1 is 1.24 bits per heavy atom. The first kappa shape index (κ1) is 22.3. The maximum absolute atomic E-state index is 12.7. The fraction of sp³-hybridized carbons (Fsp3) is 0.400. The van der Waals surface area contributed by atoms with Crippen LogP contribution in [0.3, 0.4) is 0 Å². The predicted octanol–water partition coefficient (Wildman–Crippen LogP) is 6.07. The van der Waals surface area contributed by atoms with Crippen LogP contribution in [-0.2, 0) is 4.79 Å². The maximum Gasteiger partial charge on any atom is 0.326 e. The third-order valence-corrected chi connectivity index (χ3v) is 10.2. The van der Waals surface area contributed by atoms with Crippen LogP contribution in [0.4, 0.5) is 11.4 Å². The summed E-state index contributed by atoms with van der Waals surface area (Å²) < 4.78 is 0. The zero-order valence-corrected chi connectivity index (χ0v) is 20.3. The number of para-hydroxylation sites is 1. The van der Waals surface area contributed by atoms with Crippen molar-refractivity contribution in [3.8, 4) is 0 Å². The average Bonchev–Trinajstić information content (AvgIpc) is 3.38. The molecule has 1 saturated carbocycles. The molecule has 0 amide bonds. The first-order valence-corrected chi connectivity index (χ1v) is 13.1. The van der Waals surface area contributed by atoms with E-state index < -0.39 is 12.0 Å². The van der Waals surface area contributed by atoms with Gasteiger partial charge >= 0.3 is 5.97 Å². The molecule has 34 heavy (non-hydrogen) atoms. The Hall–Kier alpha value is -2.22. The molecule has 1 N–H and O–H groups in total. The monoisotopic (exact) mass is 516 g/mol. The fourth-order valence-corrected chi connectivity index (χ4v) is 8.78. The van der Waals surface area contributed by atoms with E-state index in [1.807, 2.05) is 12.1 Å². The third-order valence-electron chi connectivity index (χ3n) is 7.86. The Balaban J connectivity index is 1.45. The van der Waals surface area contributed by atoms with E-state index in [1.54, 1.807) is 18.2 Å². The molecule has 9 heteroatoms. The Morgan fingerprint density at radius 2 is 2.00 bits per heavy atom. The number of nitro benzene ring substituents is 1. The molecule has 2 heterocycles. The molecule has 0 aromatic heterocycles. The number of hydrogen-bond acceptors (Lipinski definition) is 5.